The van der Waals surface area contributed by atoms with Gasteiger partial charge in [-0.2, -0.15) is 0 Å². The summed E-state index contributed by atoms with van der Waals surface area (Å²) in [6.07, 6.45) is 1.24. The molecule has 2 aromatic carbocycles. The Morgan fingerprint density at radius 2 is 1.97 bits per heavy atom. The van der Waals surface area contributed by atoms with Crippen molar-refractivity contribution < 1.29 is 18.7 Å². The summed E-state index contributed by atoms with van der Waals surface area (Å²) in [5.41, 5.74) is 0.746. The first kappa shape index (κ1) is 19.9. The normalized spacial score (nSPS) is 11.0. The van der Waals surface area contributed by atoms with E-state index in [4.69, 9.17) is 32.4 Å². The van der Waals surface area contributed by atoms with Crippen molar-refractivity contribution in [2.45, 2.75) is 6.54 Å². The van der Waals surface area contributed by atoms with Gasteiger partial charge in [0.2, 0.25) is 5.58 Å². The van der Waals surface area contributed by atoms with Crippen LogP contribution >= 0.6 is 23.2 Å². The summed E-state index contributed by atoms with van der Waals surface area (Å²) < 4.78 is 11.5. The van der Waals surface area contributed by atoms with Gasteiger partial charge in [0, 0.05) is 10.4 Å². The van der Waals surface area contributed by atoms with Crippen LogP contribution in [0.1, 0.15) is 0 Å². The molecule has 4 aromatic rings. The lowest BCUT2D eigenvalue weighted by atomic mass is 10.2. The number of nitrogens with zero attached hydrogens (tertiary/aromatic N) is 2. The molecule has 152 valence electrons. The first-order valence-corrected chi connectivity index (χ1v) is 9.45. The zero-order valence-electron chi connectivity index (χ0n) is 15.2. The van der Waals surface area contributed by atoms with Crippen LogP contribution in [0.2, 0.25) is 10.0 Å². The number of amides is 1. The molecule has 30 heavy (non-hydrogen) atoms. The van der Waals surface area contributed by atoms with Gasteiger partial charge in [-0.15, -0.1) is 0 Å². The van der Waals surface area contributed by atoms with Crippen LogP contribution in [-0.2, 0) is 20.9 Å². The highest BCUT2D eigenvalue weighted by Crippen LogP contribution is 2.25. The van der Waals surface area contributed by atoms with E-state index < -0.39 is 30.6 Å². The van der Waals surface area contributed by atoms with Crippen LogP contribution < -0.4 is 10.9 Å². The number of nitrogens with one attached hydrogen (secondary N) is 1. The molecule has 0 aliphatic heterocycles. The van der Waals surface area contributed by atoms with E-state index in [-0.39, 0.29) is 10.6 Å². The number of carbonyl (C=O) groups excluding carboxylic acids is 2. The Bertz CT molecular complexity index is 1350. The smallest absolute Gasteiger partial charge is 0.326 e. The molecule has 0 radical (unpaired) electrons. The lowest BCUT2D eigenvalue weighted by Gasteiger charge is -2.09. The van der Waals surface area contributed by atoms with Crippen molar-refractivity contribution in [3.05, 3.63) is 69.2 Å². The summed E-state index contributed by atoms with van der Waals surface area (Å²) in [6, 6.07) is 11.7. The molecule has 0 atom stereocenters. The Morgan fingerprint density at radius 3 is 2.80 bits per heavy atom. The fourth-order valence-corrected chi connectivity index (χ4v) is 3.18. The van der Waals surface area contributed by atoms with Gasteiger partial charge in [-0.1, -0.05) is 35.3 Å². The molecule has 0 unspecified atom stereocenters. The number of ether oxygens (including phenoxy) is 1. The van der Waals surface area contributed by atoms with Crippen molar-refractivity contribution in [1.29, 1.82) is 0 Å². The van der Waals surface area contributed by atoms with Crippen molar-refractivity contribution in [2.24, 2.45) is 0 Å². The number of halogens is 2. The van der Waals surface area contributed by atoms with E-state index in [1.807, 2.05) is 6.07 Å². The van der Waals surface area contributed by atoms with Gasteiger partial charge >= 0.3 is 5.97 Å². The van der Waals surface area contributed by atoms with Crippen molar-refractivity contribution in [3.63, 3.8) is 0 Å². The van der Waals surface area contributed by atoms with Gasteiger partial charge in [0.25, 0.3) is 11.5 Å². The van der Waals surface area contributed by atoms with Crippen LogP contribution in [0, 0.1) is 0 Å². The number of furan rings is 1. The quantitative estimate of drug-likeness (QED) is 0.470. The molecule has 0 saturated heterocycles. The SMILES string of the molecule is O=C(COC(=O)Cn1cnc2c(oc3ccccc32)c1=O)Nc1cc(Cl)ccc1Cl. The average Bonchev–Trinajstić information content (AvgIpc) is 3.11. The highest BCUT2D eigenvalue weighted by Gasteiger charge is 2.16. The van der Waals surface area contributed by atoms with E-state index in [2.05, 4.69) is 10.3 Å². The summed E-state index contributed by atoms with van der Waals surface area (Å²) >= 11 is 11.8. The maximum Gasteiger partial charge on any atom is 0.326 e. The largest absolute Gasteiger partial charge is 0.454 e. The molecule has 2 aromatic heterocycles. The zero-order chi connectivity index (χ0) is 21.3. The highest BCUT2D eigenvalue weighted by molar-refractivity contribution is 6.35. The van der Waals surface area contributed by atoms with Crippen LogP contribution in [0.15, 0.2) is 58.0 Å². The van der Waals surface area contributed by atoms with E-state index in [1.54, 1.807) is 24.3 Å². The van der Waals surface area contributed by atoms with Gasteiger partial charge in [-0.25, -0.2) is 4.98 Å². The molecule has 4 rings (SSSR count). The first-order valence-electron chi connectivity index (χ1n) is 8.69. The van der Waals surface area contributed by atoms with E-state index in [1.165, 1.54) is 18.5 Å². The molecule has 0 aliphatic rings. The van der Waals surface area contributed by atoms with Crippen molar-refractivity contribution in [1.82, 2.24) is 9.55 Å². The number of rotatable bonds is 5. The summed E-state index contributed by atoms with van der Waals surface area (Å²) in [7, 11) is 0. The number of aromatic nitrogens is 2. The van der Waals surface area contributed by atoms with Crippen LogP contribution in [0.3, 0.4) is 0 Å². The van der Waals surface area contributed by atoms with Gasteiger partial charge < -0.3 is 14.5 Å². The molecular weight excluding hydrogens is 433 g/mol. The summed E-state index contributed by atoms with van der Waals surface area (Å²) in [5, 5.41) is 3.87. The third-order valence-electron chi connectivity index (χ3n) is 4.22. The molecule has 0 fully saturated rings. The van der Waals surface area contributed by atoms with Crippen LogP contribution in [0.5, 0.6) is 0 Å². The molecule has 0 aliphatic carbocycles. The Kier molecular flexibility index (Phi) is 5.43. The van der Waals surface area contributed by atoms with E-state index in [9.17, 15) is 14.4 Å². The third-order valence-corrected chi connectivity index (χ3v) is 4.78. The minimum atomic E-state index is -0.790. The number of anilines is 1. The predicted molar refractivity (Wildman–Crippen MR) is 112 cm³/mol. The number of fused-ring (bicyclic) bond motifs is 3. The monoisotopic (exact) mass is 445 g/mol. The number of para-hydroxylation sites is 1. The van der Waals surface area contributed by atoms with Gasteiger partial charge in [-0.05, 0) is 30.3 Å². The van der Waals surface area contributed by atoms with Gasteiger partial charge in [0.15, 0.2) is 6.61 Å². The van der Waals surface area contributed by atoms with Crippen LogP contribution in [0.4, 0.5) is 5.69 Å². The highest BCUT2D eigenvalue weighted by atomic mass is 35.5. The summed E-state index contributed by atoms with van der Waals surface area (Å²) in [5.74, 6) is -1.40. The topological polar surface area (TPSA) is 103 Å². The summed E-state index contributed by atoms with van der Waals surface area (Å²) in [6.45, 7) is -0.985. The summed E-state index contributed by atoms with van der Waals surface area (Å²) in [4.78, 5) is 40.9. The minimum Gasteiger partial charge on any atom is -0.454 e. The minimum absolute atomic E-state index is 0.0415. The van der Waals surface area contributed by atoms with Gasteiger partial charge in [0.05, 0.1) is 17.0 Å². The second-order valence-corrected chi connectivity index (χ2v) is 7.13. The number of hydrogen-bond acceptors (Lipinski definition) is 6. The molecule has 1 N–H and O–H groups in total. The molecule has 0 bridgehead atoms. The van der Waals surface area contributed by atoms with Crippen LogP contribution in [0.25, 0.3) is 22.1 Å². The number of benzene rings is 2. The number of esters is 1. The molecule has 10 heteroatoms. The van der Waals surface area contributed by atoms with E-state index >= 15 is 0 Å². The van der Waals surface area contributed by atoms with Gasteiger partial charge in [0.1, 0.15) is 17.6 Å². The molecule has 0 spiro atoms. The Morgan fingerprint density at radius 1 is 1.17 bits per heavy atom. The molecule has 0 saturated carbocycles. The lowest BCUT2D eigenvalue weighted by Crippen LogP contribution is -2.27. The maximum atomic E-state index is 12.6. The second-order valence-electron chi connectivity index (χ2n) is 6.29. The van der Waals surface area contributed by atoms with Crippen molar-refractivity contribution in [2.75, 3.05) is 11.9 Å². The Hall–Kier alpha value is -3.36. The standard InChI is InChI=1S/C20H13Cl2N3O5/c21-11-5-6-13(22)14(7-11)24-16(26)9-29-17(27)8-25-10-23-18-12-3-1-2-4-15(12)30-19(18)20(25)28/h1-7,10H,8-9H2,(H,24,26). The molecule has 1 amide bonds. The van der Waals surface area contributed by atoms with Gasteiger partial charge in [-0.3, -0.25) is 19.0 Å². The Labute approximate surface area is 179 Å². The fraction of sp³-hybridized carbons (Fsp3) is 0.100. The van der Waals surface area contributed by atoms with E-state index in [0.29, 0.717) is 27.2 Å². The van der Waals surface area contributed by atoms with Crippen molar-refractivity contribution >= 4 is 62.8 Å². The molecule has 8 nitrogen and oxygen atoms in total. The Balaban J connectivity index is 1.42. The fourth-order valence-electron chi connectivity index (χ4n) is 2.84. The molecule has 2 heterocycles. The lowest BCUT2D eigenvalue weighted by molar-refractivity contribution is -0.147. The second kappa shape index (κ2) is 8.17. The van der Waals surface area contributed by atoms with Crippen molar-refractivity contribution in [3.8, 4) is 0 Å². The number of carbonyl (C=O) groups is 2. The first-order chi connectivity index (χ1) is 14.4. The van der Waals surface area contributed by atoms with E-state index in [0.717, 1.165) is 4.57 Å². The predicted octanol–water partition coefficient (Wildman–Crippen LogP) is 3.63. The average molecular weight is 446 g/mol. The maximum absolute atomic E-state index is 12.6. The molecular formula is C20H13Cl2N3O5. The number of hydrogen-bond donors (Lipinski definition) is 1. The zero-order valence-corrected chi connectivity index (χ0v) is 16.7. The third kappa shape index (κ3) is 4.00. The van der Waals surface area contributed by atoms with Crippen LogP contribution in [-0.4, -0.2) is 28.0 Å².